The molecule has 5 heterocycles. The van der Waals surface area contributed by atoms with Gasteiger partial charge in [-0.25, -0.2) is 23.1 Å². The van der Waals surface area contributed by atoms with Gasteiger partial charge in [-0.15, -0.1) is 0 Å². The number of hydrogen-bond acceptors (Lipinski definition) is 14. The van der Waals surface area contributed by atoms with Crippen molar-refractivity contribution in [1.82, 2.24) is 29.5 Å². The molecule has 17 nitrogen and oxygen atoms in total. The van der Waals surface area contributed by atoms with Crippen LogP contribution in [0.25, 0.3) is 11.0 Å². The molecule has 2 aliphatic carbocycles. The third-order valence-corrected chi connectivity index (χ3v) is 17.5. The molecule has 3 aromatic heterocycles. The number of anilines is 2. The minimum Gasteiger partial charge on any atom is -0.481 e. The van der Waals surface area contributed by atoms with Gasteiger partial charge in [0.1, 0.15) is 22.8 Å². The Morgan fingerprint density at radius 2 is 1.73 bits per heavy atom. The van der Waals surface area contributed by atoms with E-state index in [1.54, 1.807) is 37.7 Å². The number of nitro groups is 1. The first-order valence-corrected chi connectivity index (χ1v) is 27.4. The molecule has 390 valence electrons. The van der Waals surface area contributed by atoms with E-state index in [4.69, 9.17) is 9.47 Å². The molecule has 1 atom stereocenters. The number of fused-ring (bicyclic) bond motifs is 1. The van der Waals surface area contributed by atoms with Crippen LogP contribution in [-0.2, 0) is 16.6 Å². The van der Waals surface area contributed by atoms with Gasteiger partial charge >= 0.3 is 0 Å². The molecule has 3 aromatic carbocycles. The predicted molar refractivity (Wildman–Crippen MR) is 284 cm³/mol. The number of benzene rings is 3. The molecule has 2 saturated carbocycles. The second-order valence-electron chi connectivity index (χ2n) is 21.6. The Hall–Kier alpha value is -6.60. The van der Waals surface area contributed by atoms with Crippen molar-refractivity contribution in [3.63, 3.8) is 0 Å². The Morgan fingerprint density at radius 3 is 2.46 bits per heavy atom. The van der Waals surface area contributed by atoms with E-state index in [9.17, 15) is 28.4 Å². The van der Waals surface area contributed by atoms with Crippen LogP contribution in [0.2, 0.25) is 0 Å². The van der Waals surface area contributed by atoms with Crippen molar-refractivity contribution < 1.29 is 32.7 Å². The molecule has 4 fully saturated rings. The van der Waals surface area contributed by atoms with Crippen LogP contribution < -0.4 is 24.4 Å². The average Bonchev–Trinajstić information content (AvgIpc) is 3.86. The number of aromatic amines is 1. The smallest absolute Gasteiger partial charge is 0.293 e. The molecule has 18 heteroatoms. The average molecular weight is 1030 g/mol. The number of methoxy groups -OCH3 is 1. The zero-order valence-electron chi connectivity index (χ0n) is 42.6. The van der Waals surface area contributed by atoms with Crippen molar-refractivity contribution in [3.05, 3.63) is 136 Å². The number of ether oxygens (including phenoxy) is 2. The van der Waals surface area contributed by atoms with Crippen LogP contribution in [0.4, 0.5) is 17.1 Å². The van der Waals surface area contributed by atoms with Gasteiger partial charge in [0.15, 0.2) is 0 Å². The molecular formula is C56H67N9O8S. The molecule has 10 rings (SSSR count). The molecule has 0 radical (unpaired) electrons. The number of rotatable bonds is 16. The molecule has 1 amide bonds. The Balaban J connectivity index is 0.830. The molecule has 2 aliphatic heterocycles. The summed E-state index contributed by atoms with van der Waals surface area (Å²) in [6.45, 7) is 12.2. The van der Waals surface area contributed by atoms with Crippen LogP contribution in [0, 0.1) is 21.4 Å². The van der Waals surface area contributed by atoms with Gasteiger partial charge in [-0.05, 0) is 129 Å². The van der Waals surface area contributed by atoms with Crippen LogP contribution in [0.15, 0.2) is 108 Å². The number of piperidine rings is 1. The Bertz CT molecular complexity index is 3100. The number of nitrogens with zero attached hydrogens (tertiary/aromatic N) is 6. The van der Waals surface area contributed by atoms with Gasteiger partial charge in [0.25, 0.3) is 21.6 Å². The van der Waals surface area contributed by atoms with E-state index >= 15 is 0 Å². The molecule has 2 saturated heterocycles. The lowest BCUT2D eigenvalue weighted by Crippen LogP contribution is -2.60. The first kappa shape index (κ1) is 50.9. The van der Waals surface area contributed by atoms with Gasteiger partial charge in [-0.2, -0.15) is 0 Å². The molecule has 6 aromatic rings. The number of nitro benzene ring substituents is 1. The number of piperazine rings is 1. The largest absolute Gasteiger partial charge is 0.481 e. The third-order valence-electron chi connectivity index (χ3n) is 16.2. The fourth-order valence-electron chi connectivity index (χ4n) is 11.8. The molecular weight excluding hydrogens is 959 g/mol. The minimum absolute atomic E-state index is 0.0320. The summed E-state index contributed by atoms with van der Waals surface area (Å²) >= 11 is 0. The lowest BCUT2D eigenvalue weighted by molar-refractivity contribution is -0.384. The maximum atomic E-state index is 14.1. The van der Waals surface area contributed by atoms with E-state index in [0.717, 1.165) is 94.9 Å². The van der Waals surface area contributed by atoms with E-state index in [2.05, 4.69) is 83.9 Å². The number of carbonyl (C=O) groups excluding carboxylic acids is 1. The third kappa shape index (κ3) is 11.1. The van der Waals surface area contributed by atoms with Gasteiger partial charge in [0.05, 0.1) is 34.3 Å². The summed E-state index contributed by atoms with van der Waals surface area (Å²) in [5.74, 6) is 0.766. The van der Waals surface area contributed by atoms with Gasteiger partial charge in [0.2, 0.25) is 5.88 Å². The maximum absolute atomic E-state index is 14.1. The second kappa shape index (κ2) is 21.0. The first-order chi connectivity index (χ1) is 35.5. The minimum atomic E-state index is -4.59. The lowest BCUT2D eigenvalue weighted by Gasteiger charge is -2.58. The molecule has 1 spiro atoms. The number of nitrogens with one attached hydrogen (secondary N) is 3. The molecule has 1 unspecified atom stereocenters. The van der Waals surface area contributed by atoms with E-state index in [1.807, 2.05) is 31.3 Å². The molecule has 74 heavy (non-hydrogen) atoms. The van der Waals surface area contributed by atoms with E-state index in [-0.39, 0.29) is 34.4 Å². The highest BCUT2D eigenvalue weighted by Crippen LogP contribution is 2.53. The number of amides is 1. The van der Waals surface area contributed by atoms with Gasteiger partial charge < -0.3 is 29.8 Å². The van der Waals surface area contributed by atoms with Crippen LogP contribution in [0.5, 0.6) is 17.4 Å². The Labute approximate surface area is 432 Å². The number of hydrogen-bond donors (Lipinski definition) is 4. The van der Waals surface area contributed by atoms with Crippen molar-refractivity contribution in [2.45, 2.75) is 107 Å². The fourth-order valence-corrected chi connectivity index (χ4v) is 12.8. The molecule has 0 bridgehead atoms. The Morgan fingerprint density at radius 1 is 0.946 bits per heavy atom. The number of aliphatic hydroxyl groups is 1. The number of sulfonamides is 1. The highest BCUT2D eigenvalue weighted by molar-refractivity contribution is 7.90. The van der Waals surface area contributed by atoms with Crippen molar-refractivity contribution >= 4 is 44.0 Å². The predicted octanol–water partition coefficient (Wildman–Crippen LogP) is 9.57. The fraction of sp³-hybridized carbons (Fsp3) is 0.446. The van der Waals surface area contributed by atoms with Crippen LogP contribution in [0.1, 0.15) is 111 Å². The lowest BCUT2D eigenvalue weighted by atomic mass is 9.59. The van der Waals surface area contributed by atoms with Crippen molar-refractivity contribution in [2.24, 2.45) is 11.3 Å². The maximum Gasteiger partial charge on any atom is 0.293 e. The van der Waals surface area contributed by atoms with Crippen LogP contribution in [-0.4, -0.2) is 107 Å². The summed E-state index contributed by atoms with van der Waals surface area (Å²) in [6.07, 6.45) is 12.3. The van der Waals surface area contributed by atoms with Gasteiger partial charge in [-0.1, -0.05) is 44.2 Å². The summed E-state index contributed by atoms with van der Waals surface area (Å²) in [4.78, 5) is 44.9. The van der Waals surface area contributed by atoms with Crippen LogP contribution >= 0.6 is 0 Å². The summed E-state index contributed by atoms with van der Waals surface area (Å²) < 4.78 is 41.6. The zero-order chi connectivity index (χ0) is 51.8. The highest BCUT2D eigenvalue weighted by Gasteiger charge is 2.50. The van der Waals surface area contributed by atoms with Crippen molar-refractivity contribution in [1.29, 1.82) is 0 Å². The number of carbonyl (C=O) groups is 1. The first-order valence-electron chi connectivity index (χ1n) is 25.9. The quantitative estimate of drug-likeness (QED) is 0.0526. The van der Waals surface area contributed by atoms with Crippen molar-refractivity contribution in [2.75, 3.05) is 56.6 Å². The van der Waals surface area contributed by atoms with E-state index in [1.165, 1.54) is 28.8 Å². The number of pyridine rings is 2. The summed E-state index contributed by atoms with van der Waals surface area (Å²) in [6, 6.07) is 26.1. The van der Waals surface area contributed by atoms with Crippen molar-refractivity contribution in [3.8, 4) is 17.4 Å². The monoisotopic (exact) mass is 1030 g/mol. The van der Waals surface area contributed by atoms with Gasteiger partial charge in [-0.3, -0.25) is 24.7 Å². The van der Waals surface area contributed by atoms with Crippen LogP contribution in [0.3, 0.4) is 0 Å². The van der Waals surface area contributed by atoms with E-state index < -0.39 is 37.0 Å². The topological polar surface area (TPSA) is 208 Å². The second-order valence-corrected chi connectivity index (χ2v) is 23.3. The normalized spacial score (nSPS) is 21.6. The molecule has 4 aliphatic rings. The standard InChI is InChI=1S/C56H67N9O8S/c1-37(2)45-7-5-6-8-46(45)50-36-62(35-39-9-14-52(72-4)59-33-39)25-26-64(50)42-30-56(31-42)20-23-63(24-21-56)41-10-12-47(51(28-41)73-43-27-40-17-22-57-53(40)60-34-43)54(66)61-74(70,71)44-11-13-48(49(29-44)65(68)69)58-32-38-15-18-55(3,67)19-16-38/h5-14,17,22,27-29,33-34,37-38,42,50,58,67H,15-16,18-21,23-26,30-32,35-36H2,1-4H3,(H,57,60)(H,61,66)/t38-,50?,55-. The summed E-state index contributed by atoms with van der Waals surface area (Å²) in [7, 11) is -2.95. The molecule has 4 N–H and O–H groups in total. The number of aromatic nitrogens is 3. The number of H-pyrrole nitrogens is 1. The zero-order valence-corrected chi connectivity index (χ0v) is 43.4. The highest BCUT2D eigenvalue weighted by atomic mass is 32.2. The summed E-state index contributed by atoms with van der Waals surface area (Å²) in [5, 5.41) is 26.5. The van der Waals surface area contributed by atoms with Gasteiger partial charge in [0, 0.05) is 99.6 Å². The van der Waals surface area contributed by atoms with E-state index in [0.29, 0.717) is 48.6 Å². The summed E-state index contributed by atoms with van der Waals surface area (Å²) in [5.41, 5.74) is 4.71. The Kier molecular flexibility index (Phi) is 14.4. The SMILES string of the molecule is COc1ccc(CN2CCN(C3CC4(CCN(c5ccc(C(=O)NS(=O)(=O)c6ccc(NC[C@H]7CC[C@](C)(O)CC7)c([N+](=O)[O-])c6)c(Oc6cnc7[nH]ccc7c6)c5)CC4)C3)C(c3ccccc3C(C)C)C2)cn1.